The molecule has 0 aliphatic heterocycles. The van der Waals surface area contributed by atoms with Gasteiger partial charge in [-0.25, -0.2) is 0 Å². The normalized spacial score (nSPS) is 17.0. The number of fused-ring (bicyclic) bond motifs is 1. The predicted octanol–water partition coefficient (Wildman–Crippen LogP) is 10.2. The molecule has 0 aromatic heterocycles. The van der Waals surface area contributed by atoms with Crippen LogP contribution in [0.1, 0.15) is 99.6 Å². The number of unbranched alkanes of at least 4 members (excludes halogenated alkanes) is 1. The topological polar surface area (TPSA) is 9.23 Å². The maximum atomic E-state index is 6.09. The Balaban J connectivity index is 0.00000462. The Morgan fingerprint density at radius 2 is 1.59 bits per heavy atom. The van der Waals surface area contributed by atoms with Gasteiger partial charge in [0.15, 0.2) is 0 Å². The summed E-state index contributed by atoms with van der Waals surface area (Å²) >= 11 is 0. The third-order valence-electron chi connectivity index (χ3n) is 9.06. The van der Waals surface area contributed by atoms with Gasteiger partial charge in [-0.1, -0.05) is 74.2 Å². The summed E-state index contributed by atoms with van der Waals surface area (Å²) in [6.07, 6.45) is 3.54. The van der Waals surface area contributed by atoms with Gasteiger partial charge in [0.25, 0.3) is 0 Å². The van der Waals surface area contributed by atoms with Crippen molar-refractivity contribution in [2.24, 2.45) is 5.92 Å². The smallest absolute Gasteiger partial charge is 0.0895 e. The summed E-state index contributed by atoms with van der Waals surface area (Å²) < 4.78 is 6.09. The van der Waals surface area contributed by atoms with E-state index in [2.05, 4.69) is 125 Å². The molecule has 218 valence electrons. The molecule has 3 aromatic carbocycles. The Kier molecular flexibility index (Phi) is 11.2. The van der Waals surface area contributed by atoms with Crippen LogP contribution in [0.15, 0.2) is 70.8 Å². The van der Waals surface area contributed by atoms with Crippen molar-refractivity contribution in [1.29, 1.82) is 0 Å². The fraction of sp³-hybridized carbons (Fsp3) is 0.500. The molecule has 3 heteroatoms. The summed E-state index contributed by atoms with van der Waals surface area (Å²) in [6, 6.07) is 18.3. The van der Waals surface area contributed by atoms with Gasteiger partial charge < -0.3 is 4.74 Å². The van der Waals surface area contributed by atoms with Crippen LogP contribution in [-0.2, 0) is 36.4 Å². The Morgan fingerprint density at radius 3 is 2.20 bits per heavy atom. The van der Waals surface area contributed by atoms with Crippen molar-refractivity contribution in [3.8, 4) is 11.1 Å². The van der Waals surface area contributed by atoms with Gasteiger partial charge in [0.2, 0.25) is 0 Å². The number of hydrogen-bond donors (Lipinski definition) is 0. The Hall–Kier alpha value is -1.41. The van der Waals surface area contributed by atoms with Gasteiger partial charge in [-0.15, -0.1) is 29.0 Å². The molecule has 0 spiro atoms. The maximum absolute atomic E-state index is 6.09. The summed E-state index contributed by atoms with van der Waals surface area (Å²) in [5.74, 6) is 0.531. The molecule has 3 aromatic rings. The number of allylic oxidation sites excluding steroid dienone is 4. The second kappa shape index (κ2) is 13.5. The molecule has 0 fully saturated rings. The van der Waals surface area contributed by atoms with Crippen LogP contribution in [0.5, 0.6) is 0 Å². The average molecular weight is 643 g/mol. The second-order valence-corrected chi connectivity index (χ2v) is 15.5. The molecule has 0 N–H and O–H groups in total. The molecule has 1 aliphatic carbocycles. The minimum Gasteiger partial charge on any atom is -0.376 e. The molecule has 0 saturated heterocycles. The fourth-order valence-corrected chi connectivity index (χ4v) is 8.76. The summed E-state index contributed by atoms with van der Waals surface area (Å²) in [5.41, 5.74) is 12.6. The standard InChI is InChI=1S/C38H51OSi.Zr/c1-24-25(2)27(4)35(26(24)3)34(20-12-13-23-39-38(9,10)11)40-36-28(5)30(21-22-33(36)37(6,7)8)32-19-15-17-29-16-14-18-31(29)32;/h14-19,21-22,26,34H,12-13,20,23H2,1-11H3;/q-1;. The molecular weight excluding hydrogens is 592 g/mol. The summed E-state index contributed by atoms with van der Waals surface area (Å²) in [6.45, 7) is 26.3. The van der Waals surface area contributed by atoms with E-state index >= 15 is 0 Å². The van der Waals surface area contributed by atoms with E-state index in [1.165, 1.54) is 51.4 Å². The monoisotopic (exact) mass is 641 g/mol. The average Bonchev–Trinajstić information content (AvgIpc) is 3.42. The van der Waals surface area contributed by atoms with Crippen molar-refractivity contribution in [3.05, 3.63) is 82.0 Å². The summed E-state index contributed by atoms with van der Waals surface area (Å²) in [7, 11) is 0.754. The van der Waals surface area contributed by atoms with Crippen LogP contribution in [0.2, 0.25) is 5.54 Å². The molecule has 2 radical (unpaired) electrons. The maximum Gasteiger partial charge on any atom is 0.0895 e. The van der Waals surface area contributed by atoms with Gasteiger partial charge in [-0.2, -0.15) is 12.1 Å². The van der Waals surface area contributed by atoms with Crippen LogP contribution in [0.25, 0.3) is 21.9 Å². The summed E-state index contributed by atoms with van der Waals surface area (Å²) in [5, 5.41) is 4.27. The van der Waals surface area contributed by atoms with E-state index in [4.69, 9.17) is 4.74 Å². The number of hydrogen-bond acceptors (Lipinski definition) is 1. The van der Waals surface area contributed by atoms with Crippen molar-refractivity contribution < 1.29 is 30.9 Å². The Labute approximate surface area is 272 Å². The molecule has 4 rings (SSSR count). The van der Waals surface area contributed by atoms with E-state index in [9.17, 15) is 0 Å². The van der Waals surface area contributed by atoms with Crippen LogP contribution in [-0.4, -0.2) is 21.7 Å². The molecular formula is C38H51OSiZr-. The Bertz CT molecular complexity index is 1420. The van der Waals surface area contributed by atoms with E-state index < -0.39 is 0 Å². The zero-order valence-corrected chi connectivity index (χ0v) is 31.0. The van der Waals surface area contributed by atoms with E-state index in [1.54, 1.807) is 21.9 Å². The minimum absolute atomic E-state index is 0. The van der Waals surface area contributed by atoms with Crippen molar-refractivity contribution in [1.82, 2.24) is 0 Å². The third-order valence-corrected chi connectivity index (χ3v) is 10.9. The molecule has 0 saturated carbocycles. The third kappa shape index (κ3) is 7.57. The van der Waals surface area contributed by atoms with Crippen LogP contribution < -0.4 is 5.19 Å². The van der Waals surface area contributed by atoms with E-state index in [-0.39, 0.29) is 37.2 Å². The zero-order valence-electron chi connectivity index (χ0n) is 27.5. The van der Waals surface area contributed by atoms with Gasteiger partial charge >= 0.3 is 0 Å². The predicted molar refractivity (Wildman–Crippen MR) is 177 cm³/mol. The first-order valence-corrected chi connectivity index (χ1v) is 16.4. The first kappa shape index (κ1) is 34.1. The zero-order chi connectivity index (χ0) is 29.4. The van der Waals surface area contributed by atoms with Crippen molar-refractivity contribution >= 4 is 25.5 Å². The molecule has 1 aliphatic rings. The molecule has 0 amide bonds. The molecule has 0 heterocycles. The van der Waals surface area contributed by atoms with Crippen molar-refractivity contribution in [3.63, 3.8) is 0 Å². The SMILES string of the molecule is CC1=C(C)C(C)C(C(CCCCOC(C)(C)C)[Si]c2c(C(C)(C)C)ccc(-c3cccc4[cH-]ccc34)c2C)=C1C.[Zr]. The van der Waals surface area contributed by atoms with Gasteiger partial charge in [-0.05, 0) is 106 Å². The number of benzene rings is 2. The van der Waals surface area contributed by atoms with Crippen molar-refractivity contribution in [2.75, 3.05) is 6.61 Å². The van der Waals surface area contributed by atoms with Crippen LogP contribution in [0.3, 0.4) is 0 Å². The minimum atomic E-state index is -0.0674. The van der Waals surface area contributed by atoms with Crippen LogP contribution >= 0.6 is 0 Å². The molecule has 0 bridgehead atoms. The first-order valence-electron chi connectivity index (χ1n) is 15.3. The fourth-order valence-electron chi connectivity index (χ4n) is 6.48. The molecule has 2 unspecified atom stereocenters. The van der Waals surface area contributed by atoms with Gasteiger partial charge in [-0.3, -0.25) is 0 Å². The van der Waals surface area contributed by atoms with Gasteiger partial charge in [0.1, 0.15) is 0 Å². The largest absolute Gasteiger partial charge is 0.376 e. The van der Waals surface area contributed by atoms with Crippen LogP contribution in [0, 0.1) is 12.8 Å². The van der Waals surface area contributed by atoms with Crippen molar-refractivity contribution in [2.45, 2.75) is 112 Å². The first-order chi connectivity index (χ1) is 18.7. The Morgan fingerprint density at radius 1 is 0.878 bits per heavy atom. The van der Waals surface area contributed by atoms with E-state index in [0.29, 0.717) is 11.5 Å². The number of ether oxygens (including phenoxy) is 1. The summed E-state index contributed by atoms with van der Waals surface area (Å²) in [4.78, 5) is 0. The molecule has 1 nitrogen and oxygen atoms in total. The molecule has 41 heavy (non-hydrogen) atoms. The van der Waals surface area contributed by atoms with Crippen LogP contribution in [0.4, 0.5) is 0 Å². The molecule has 2 atom stereocenters. The van der Waals surface area contributed by atoms with E-state index in [1.807, 2.05) is 0 Å². The quantitative estimate of drug-likeness (QED) is 0.128. The number of rotatable bonds is 9. The van der Waals surface area contributed by atoms with E-state index in [0.717, 1.165) is 22.5 Å². The van der Waals surface area contributed by atoms with Gasteiger partial charge in [0.05, 0.1) is 15.1 Å². The second-order valence-electron chi connectivity index (χ2n) is 14.0. The van der Waals surface area contributed by atoms with Gasteiger partial charge in [0, 0.05) is 32.8 Å².